The third kappa shape index (κ3) is 3.38. The van der Waals surface area contributed by atoms with E-state index in [1.807, 2.05) is 60.7 Å². The Morgan fingerprint density at radius 2 is 0.842 bits per heavy atom. The molecule has 5 aromatic carbocycles. The van der Waals surface area contributed by atoms with Gasteiger partial charge >= 0.3 is 11.9 Å². The second-order valence-electron chi connectivity index (χ2n) is 9.97. The lowest BCUT2D eigenvalue weighted by Gasteiger charge is -2.15. The molecular weight excluding hydrogens is 472 g/mol. The Hall–Kier alpha value is -4.96. The maximum absolute atomic E-state index is 12.5. The molecule has 0 fully saturated rings. The molecule has 0 heterocycles. The summed E-state index contributed by atoms with van der Waals surface area (Å²) in [6, 6.07) is 31.3. The summed E-state index contributed by atoms with van der Waals surface area (Å²) in [5, 5.41) is 20.4. The smallest absolute Gasteiger partial charge is 0.336 e. The third-order valence-electron chi connectivity index (χ3n) is 7.83. The molecule has 38 heavy (non-hydrogen) atoms. The van der Waals surface area contributed by atoms with Gasteiger partial charge in [0.25, 0.3) is 0 Å². The van der Waals surface area contributed by atoms with Crippen molar-refractivity contribution in [1.82, 2.24) is 0 Å². The number of rotatable bonds is 4. The molecule has 0 bridgehead atoms. The maximum atomic E-state index is 12.5. The topological polar surface area (TPSA) is 74.6 Å². The fourth-order valence-electron chi connectivity index (χ4n) is 6.06. The van der Waals surface area contributed by atoms with Gasteiger partial charge < -0.3 is 10.2 Å². The van der Waals surface area contributed by atoms with Gasteiger partial charge in [0.2, 0.25) is 0 Å². The van der Waals surface area contributed by atoms with Crippen LogP contribution in [0.15, 0.2) is 97.1 Å². The second kappa shape index (κ2) is 8.29. The molecule has 2 N–H and O–H groups in total. The molecule has 0 radical (unpaired) electrons. The first kappa shape index (κ1) is 22.3. The number of hydrogen-bond acceptors (Lipinski definition) is 2. The monoisotopic (exact) mass is 494 g/mol. The molecule has 7 rings (SSSR count). The van der Waals surface area contributed by atoms with Crippen molar-refractivity contribution in [3.05, 3.63) is 130 Å². The Balaban J connectivity index is 1.36. The fourth-order valence-corrected chi connectivity index (χ4v) is 6.06. The Bertz CT molecular complexity index is 1690. The molecule has 0 spiro atoms. The first-order chi connectivity index (χ1) is 18.5. The Morgan fingerprint density at radius 3 is 1.26 bits per heavy atom. The molecular formula is C34H22O4. The summed E-state index contributed by atoms with van der Waals surface area (Å²) in [5.41, 5.74) is 11.7. The van der Waals surface area contributed by atoms with Crippen LogP contribution < -0.4 is 0 Å². The van der Waals surface area contributed by atoms with Crippen molar-refractivity contribution in [2.45, 2.75) is 12.8 Å². The van der Waals surface area contributed by atoms with Crippen molar-refractivity contribution < 1.29 is 19.8 Å². The zero-order chi connectivity index (χ0) is 26.0. The van der Waals surface area contributed by atoms with Crippen LogP contribution in [0, 0.1) is 0 Å². The van der Waals surface area contributed by atoms with E-state index in [1.165, 1.54) is 34.4 Å². The van der Waals surface area contributed by atoms with Gasteiger partial charge in [0.05, 0.1) is 11.1 Å². The van der Waals surface area contributed by atoms with Gasteiger partial charge in [-0.15, -0.1) is 0 Å². The largest absolute Gasteiger partial charge is 0.478 e. The van der Waals surface area contributed by atoms with Crippen LogP contribution in [0.1, 0.15) is 43.0 Å². The standard InChI is InChI=1S/C34H22O4/c35-33(36)31-18-30(22-10-12-28-24(16-22)14-20-6-2-4-8-26(20)28)32(34(37)38)17-29(31)21-9-11-27-23(15-21)13-19-5-1-3-7-25(19)27/h1-12,15-18H,13-14H2,(H,35,36)(H,37,38). The Labute approximate surface area is 219 Å². The van der Waals surface area contributed by atoms with Gasteiger partial charge in [0.15, 0.2) is 0 Å². The van der Waals surface area contributed by atoms with Crippen LogP contribution >= 0.6 is 0 Å². The summed E-state index contributed by atoms with van der Waals surface area (Å²) in [7, 11) is 0. The minimum atomic E-state index is -1.09. The Kier molecular flexibility index (Phi) is 4.85. The van der Waals surface area contributed by atoms with Crippen molar-refractivity contribution in [2.24, 2.45) is 0 Å². The van der Waals surface area contributed by atoms with Crippen molar-refractivity contribution in [2.75, 3.05) is 0 Å². The van der Waals surface area contributed by atoms with E-state index in [0.717, 1.165) is 35.1 Å². The molecule has 0 saturated carbocycles. The lowest BCUT2D eigenvalue weighted by molar-refractivity contribution is 0.0682. The van der Waals surface area contributed by atoms with Crippen LogP contribution in [0.2, 0.25) is 0 Å². The molecule has 0 atom stereocenters. The van der Waals surface area contributed by atoms with Crippen LogP contribution in [0.5, 0.6) is 0 Å². The number of carbonyl (C=O) groups is 2. The number of hydrogen-bond donors (Lipinski definition) is 2. The summed E-state index contributed by atoms with van der Waals surface area (Å²) >= 11 is 0. The van der Waals surface area contributed by atoms with Gasteiger partial charge in [0, 0.05) is 0 Å². The predicted octanol–water partition coefficient (Wildman–Crippen LogP) is 7.56. The van der Waals surface area contributed by atoms with Crippen molar-refractivity contribution in [3.63, 3.8) is 0 Å². The molecule has 0 saturated heterocycles. The van der Waals surface area contributed by atoms with E-state index in [-0.39, 0.29) is 11.1 Å². The average Bonchev–Trinajstić information content (AvgIpc) is 3.49. The zero-order valence-corrected chi connectivity index (χ0v) is 20.4. The van der Waals surface area contributed by atoms with E-state index in [9.17, 15) is 19.8 Å². The highest BCUT2D eigenvalue weighted by molar-refractivity contribution is 6.04. The van der Waals surface area contributed by atoms with Crippen molar-refractivity contribution >= 4 is 11.9 Å². The Morgan fingerprint density at radius 1 is 0.447 bits per heavy atom. The summed E-state index contributed by atoms with van der Waals surface area (Å²) in [5.74, 6) is -2.17. The molecule has 2 aliphatic rings. The van der Waals surface area contributed by atoms with Gasteiger partial charge in [-0.05, 0) is 91.7 Å². The molecule has 4 heteroatoms. The molecule has 0 aliphatic heterocycles. The normalized spacial score (nSPS) is 12.4. The SMILES string of the molecule is O=C(O)c1cc(-c2ccc3c(c2)Cc2ccccc2-3)c(C(=O)O)cc1-c1ccc2c(c1)Cc1ccccc1-2. The van der Waals surface area contributed by atoms with E-state index in [2.05, 4.69) is 24.3 Å². The fraction of sp³-hybridized carbons (Fsp3) is 0.0588. The first-order valence-corrected chi connectivity index (χ1v) is 12.6. The van der Waals surface area contributed by atoms with Crippen LogP contribution in [-0.4, -0.2) is 22.2 Å². The highest BCUT2D eigenvalue weighted by Crippen LogP contribution is 2.42. The van der Waals surface area contributed by atoms with Gasteiger partial charge in [-0.3, -0.25) is 0 Å². The van der Waals surface area contributed by atoms with E-state index < -0.39 is 11.9 Å². The van der Waals surface area contributed by atoms with Crippen LogP contribution in [0.25, 0.3) is 44.5 Å². The molecule has 0 amide bonds. The van der Waals surface area contributed by atoms with Crippen molar-refractivity contribution in [1.29, 1.82) is 0 Å². The molecule has 0 unspecified atom stereocenters. The summed E-state index contributed by atoms with van der Waals surface area (Å²) in [6.07, 6.45) is 1.53. The summed E-state index contributed by atoms with van der Waals surface area (Å²) in [4.78, 5) is 24.9. The van der Waals surface area contributed by atoms with Gasteiger partial charge in [-0.25, -0.2) is 9.59 Å². The molecule has 5 aromatic rings. The van der Waals surface area contributed by atoms with Crippen LogP contribution in [0.4, 0.5) is 0 Å². The quantitative estimate of drug-likeness (QED) is 0.265. The molecule has 0 aromatic heterocycles. The second-order valence-corrected chi connectivity index (χ2v) is 9.97. The molecule has 2 aliphatic carbocycles. The number of fused-ring (bicyclic) bond motifs is 6. The third-order valence-corrected chi connectivity index (χ3v) is 7.83. The number of carboxylic acids is 2. The van der Waals surface area contributed by atoms with Gasteiger partial charge in [-0.2, -0.15) is 0 Å². The number of carboxylic acid groups (broad SMARTS) is 2. The van der Waals surface area contributed by atoms with Crippen LogP contribution in [0.3, 0.4) is 0 Å². The van der Waals surface area contributed by atoms with Gasteiger partial charge in [-0.1, -0.05) is 84.9 Å². The lowest BCUT2D eigenvalue weighted by atomic mass is 9.88. The van der Waals surface area contributed by atoms with Crippen LogP contribution in [-0.2, 0) is 12.8 Å². The van der Waals surface area contributed by atoms with E-state index >= 15 is 0 Å². The first-order valence-electron chi connectivity index (χ1n) is 12.6. The average molecular weight is 495 g/mol. The minimum Gasteiger partial charge on any atom is -0.478 e. The highest BCUT2D eigenvalue weighted by Gasteiger charge is 2.25. The summed E-state index contributed by atoms with van der Waals surface area (Å²) in [6.45, 7) is 0. The predicted molar refractivity (Wildman–Crippen MR) is 148 cm³/mol. The zero-order valence-electron chi connectivity index (χ0n) is 20.4. The van der Waals surface area contributed by atoms with E-state index in [0.29, 0.717) is 22.3 Å². The molecule has 182 valence electrons. The number of aromatic carboxylic acids is 2. The highest BCUT2D eigenvalue weighted by atomic mass is 16.4. The molecule has 4 nitrogen and oxygen atoms in total. The lowest BCUT2D eigenvalue weighted by Crippen LogP contribution is -2.07. The minimum absolute atomic E-state index is 0.0873. The van der Waals surface area contributed by atoms with Gasteiger partial charge in [0.1, 0.15) is 0 Å². The number of benzene rings is 5. The van der Waals surface area contributed by atoms with E-state index in [4.69, 9.17) is 0 Å². The van der Waals surface area contributed by atoms with Crippen molar-refractivity contribution in [3.8, 4) is 44.5 Å². The maximum Gasteiger partial charge on any atom is 0.336 e. The van der Waals surface area contributed by atoms with E-state index in [1.54, 1.807) is 0 Å². The summed E-state index contributed by atoms with van der Waals surface area (Å²) < 4.78 is 0.